The molecule has 0 bridgehead atoms. The summed E-state index contributed by atoms with van der Waals surface area (Å²) >= 11 is 0. The lowest BCUT2D eigenvalue weighted by atomic mass is 9.88. The smallest absolute Gasteiger partial charge is 0.201 e. The largest absolute Gasteiger partial charge is 0.213 e. The zero-order valence-corrected chi connectivity index (χ0v) is 15.9. The summed E-state index contributed by atoms with van der Waals surface area (Å²) in [7, 11) is 2.08. The molecule has 3 rings (SSSR count). The molecule has 1 heterocycles. The Morgan fingerprint density at radius 2 is 1.60 bits per heavy atom. The highest BCUT2D eigenvalue weighted by Gasteiger charge is 2.15. The lowest BCUT2D eigenvalue weighted by Crippen LogP contribution is -2.30. The van der Waals surface area contributed by atoms with Gasteiger partial charge in [0.25, 0.3) is 0 Å². The maximum absolute atomic E-state index is 8.72. The van der Waals surface area contributed by atoms with Crippen molar-refractivity contribution < 1.29 is 5.94 Å². The van der Waals surface area contributed by atoms with Crippen molar-refractivity contribution in [2.45, 2.75) is 33.6 Å². The number of aromatic nitrogens is 1. The van der Waals surface area contributed by atoms with Crippen molar-refractivity contribution in [2.75, 3.05) is 0 Å². The van der Waals surface area contributed by atoms with E-state index >= 15 is 0 Å². The topological polar surface area (TPSA) is 3.88 Å². The van der Waals surface area contributed by atoms with Gasteiger partial charge in [0.1, 0.15) is 7.05 Å². The van der Waals surface area contributed by atoms with E-state index in [9.17, 15) is 0 Å². The Labute approximate surface area is 153 Å². The van der Waals surface area contributed by atoms with Gasteiger partial charge in [0.05, 0.1) is 0 Å². The Morgan fingerprint density at radius 1 is 0.880 bits per heavy atom. The molecule has 0 spiro atoms. The normalized spacial score (nSPS) is 14.2. The van der Waals surface area contributed by atoms with Gasteiger partial charge in [0.2, 0.25) is 5.69 Å². The Bertz CT molecular complexity index is 925. The van der Waals surface area contributed by atoms with Crippen molar-refractivity contribution in [2.24, 2.45) is 13.0 Å². The first-order valence-electron chi connectivity index (χ1n) is 9.47. The molecule has 0 radical (unpaired) electrons. The minimum Gasteiger partial charge on any atom is -0.201 e. The molecule has 0 saturated carbocycles. The van der Waals surface area contributed by atoms with E-state index in [1.807, 2.05) is 6.92 Å². The van der Waals surface area contributed by atoms with Crippen LogP contribution >= 0.6 is 0 Å². The Morgan fingerprint density at radius 3 is 2.32 bits per heavy atom. The van der Waals surface area contributed by atoms with Crippen molar-refractivity contribution in [1.82, 2.24) is 0 Å². The number of benzene rings is 2. The van der Waals surface area contributed by atoms with Crippen LogP contribution in [0.2, 0.25) is 0 Å². The van der Waals surface area contributed by atoms with Crippen LogP contribution in [0, 0.1) is 12.8 Å². The van der Waals surface area contributed by atoms with Crippen molar-refractivity contribution >= 4 is 0 Å². The van der Waals surface area contributed by atoms with E-state index in [0.29, 0.717) is 0 Å². The monoisotopic (exact) mass is 331 g/mol. The molecular formula is C24H28N+. The zero-order chi connectivity index (χ0) is 18.9. The van der Waals surface area contributed by atoms with E-state index in [0.717, 1.165) is 11.1 Å². The first-order chi connectivity index (χ1) is 12.3. The molecule has 0 aliphatic heterocycles. The third-order valence-corrected chi connectivity index (χ3v) is 5.09. The number of aryl methyl sites for hydroxylation is 2. The molecule has 1 atom stereocenters. The van der Waals surface area contributed by atoms with Gasteiger partial charge in [0, 0.05) is 19.1 Å². The van der Waals surface area contributed by atoms with Crippen LogP contribution in [0.3, 0.4) is 0 Å². The van der Waals surface area contributed by atoms with Crippen LogP contribution in [0.4, 0.5) is 0 Å². The minimum atomic E-state index is -0.589. The fourth-order valence-corrected chi connectivity index (χ4v) is 3.15. The van der Waals surface area contributed by atoms with Crippen molar-refractivity contribution in [3.05, 3.63) is 78.0 Å². The van der Waals surface area contributed by atoms with Crippen LogP contribution in [0.15, 0.2) is 66.9 Å². The molecular weight excluding hydrogens is 302 g/mol. The van der Waals surface area contributed by atoms with Crippen LogP contribution in [0.1, 0.15) is 39.2 Å². The average Bonchev–Trinajstić information content (AvgIpc) is 2.63. The molecule has 0 aliphatic rings. The standard InChI is InChI=1S/C24H28N/c1-17(2)19(4)20-10-8-11-21(15-20)22-13-14-25(5)24(16-22)23-12-7-6-9-18(23)3/h6-17,19H,1-5H3/q+1/i19D. The lowest BCUT2D eigenvalue weighted by Gasteiger charge is -2.17. The average molecular weight is 332 g/mol. The Kier molecular flexibility index (Phi) is 4.65. The molecule has 1 aromatic heterocycles. The number of hydrogen-bond donors (Lipinski definition) is 0. The molecule has 0 saturated heterocycles. The molecule has 0 fully saturated rings. The van der Waals surface area contributed by atoms with Gasteiger partial charge in [-0.05, 0) is 47.1 Å². The summed E-state index contributed by atoms with van der Waals surface area (Å²) < 4.78 is 10.9. The molecule has 128 valence electrons. The van der Waals surface area contributed by atoms with Gasteiger partial charge >= 0.3 is 0 Å². The van der Waals surface area contributed by atoms with Crippen LogP contribution in [0.25, 0.3) is 22.4 Å². The van der Waals surface area contributed by atoms with Gasteiger partial charge in [-0.3, -0.25) is 0 Å². The summed E-state index contributed by atoms with van der Waals surface area (Å²) in [6.45, 7) is 8.37. The molecule has 0 N–H and O–H groups in total. The van der Waals surface area contributed by atoms with Gasteiger partial charge in [-0.25, -0.2) is 4.57 Å². The molecule has 1 nitrogen and oxygen atoms in total. The highest BCUT2D eigenvalue weighted by Crippen LogP contribution is 2.29. The first-order valence-corrected chi connectivity index (χ1v) is 8.97. The fraction of sp³-hybridized carbons (Fsp3) is 0.292. The molecule has 25 heavy (non-hydrogen) atoms. The second-order valence-electron chi connectivity index (χ2n) is 7.15. The molecule has 3 aromatic rings. The van der Waals surface area contributed by atoms with Crippen molar-refractivity contribution in [3.63, 3.8) is 0 Å². The quantitative estimate of drug-likeness (QED) is 0.523. The number of nitrogens with zero attached hydrogens (tertiary/aromatic N) is 1. The molecule has 1 heteroatoms. The predicted octanol–water partition coefficient (Wildman–Crippen LogP) is 5.91. The molecule has 1 unspecified atom stereocenters. The number of hydrogen-bond acceptors (Lipinski definition) is 0. The van der Waals surface area contributed by atoms with Crippen LogP contribution in [-0.4, -0.2) is 0 Å². The highest BCUT2D eigenvalue weighted by molar-refractivity contribution is 5.70. The summed E-state index contributed by atoms with van der Waals surface area (Å²) in [6.07, 6.45) is 2.12. The van der Waals surface area contributed by atoms with Gasteiger partial charge in [-0.2, -0.15) is 0 Å². The maximum Gasteiger partial charge on any atom is 0.213 e. The number of pyridine rings is 1. The van der Waals surface area contributed by atoms with Gasteiger partial charge in [-0.15, -0.1) is 0 Å². The van der Waals surface area contributed by atoms with E-state index in [1.54, 1.807) is 0 Å². The van der Waals surface area contributed by atoms with E-state index in [1.165, 1.54) is 22.4 Å². The summed E-state index contributed by atoms with van der Waals surface area (Å²) in [5, 5.41) is 0. The van der Waals surface area contributed by atoms with E-state index < -0.39 is 5.89 Å². The lowest BCUT2D eigenvalue weighted by molar-refractivity contribution is -0.660. The second kappa shape index (κ2) is 7.23. The highest BCUT2D eigenvalue weighted by atomic mass is 14.9. The Hall–Kier alpha value is -2.41. The Balaban J connectivity index is 2.09. The summed E-state index contributed by atoms with van der Waals surface area (Å²) in [5.74, 6) is -0.331. The van der Waals surface area contributed by atoms with Crippen molar-refractivity contribution in [1.29, 1.82) is 0 Å². The third-order valence-electron chi connectivity index (χ3n) is 5.09. The van der Waals surface area contributed by atoms with Crippen LogP contribution in [0.5, 0.6) is 0 Å². The minimum absolute atomic E-state index is 0.258. The molecule has 0 aliphatic carbocycles. The molecule has 0 amide bonds. The van der Waals surface area contributed by atoms with Crippen LogP contribution in [-0.2, 0) is 7.05 Å². The summed E-state index contributed by atoms with van der Waals surface area (Å²) in [5.41, 5.74) is 7.13. The van der Waals surface area contributed by atoms with Gasteiger partial charge in [0.15, 0.2) is 6.20 Å². The number of rotatable bonds is 4. The van der Waals surface area contributed by atoms with Gasteiger partial charge in [-0.1, -0.05) is 63.2 Å². The summed E-state index contributed by atoms with van der Waals surface area (Å²) in [4.78, 5) is 0. The first kappa shape index (κ1) is 16.1. The van der Waals surface area contributed by atoms with Gasteiger partial charge < -0.3 is 0 Å². The van der Waals surface area contributed by atoms with E-state index in [2.05, 4.69) is 99.2 Å². The second-order valence-corrected chi connectivity index (χ2v) is 7.15. The SMILES string of the molecule is [2H]C(C)(c1cccc(-c2cc[n+](C)c(-c3ccccc3C)c2)c1)C(C)C. The predicted molar refractivity (Wildman–Crippen MR) is 106 cm³/mol. The van der Waals surface area contributed by atoms with E-state index in [4.69, 9.17) is 1.37 Å². The fourth-order valence-electron chi connectivity index (χ4n) is 3.15. The molecule has 2 aromatic carbocycles. The maximum atomic E-state index is 8.72. The van der Waals surface area contributed by atoms with Crippen molar-refractivity contribution in [3.8, 4) is 22.4 Å². The van der Waals surface area contributed by atoms with Crippen LogP contribution < -0.4 is 4.57 Å². The third kappa shape index (κ3) is 3.66. The summed E-state index contributed by atoms with van der Waals surface area (Å²) in [6, 6.07) is 21.3. The zero-order valence-electron chi connectivity index (χ0n) is 16.9. The van der Waals surface area contributed by atoms with E-state index in [-0.39, 0.29) is 5.92 Å².